The number of hydrogen-bond donors (Lipinski definition) is 1. The first-order valence-electron chi connectivity index (χ1n) is 11.5. The van der Waals surface area contributed by atoms with E-state index in [0.29, 0.717) is 16.9 Å². The number of carbonyl (C=O) groups excluding carboxylic acids is 2. The molecule has 0 radical (unpaired) electrons. The molecule has 35 heavy (non-hydrogen) atoms. The number of ether oxygens (including phenoxy) is 1. The van der Waals surface area contributed by atoms with Crippen LogP contribution in [-0.2, 0) is 16.1 Å². The SMILES string of the molecule is CC(C)Oc1ccc(C2=C(Nc3cccc4ccccc34)C(=O)N(Cc3cccnc3)C2=O)cc1. The Labute approximate surface area is 203 Å². The smallest absolute Gasteiger partial charge is 0.278 e. The summed E-state index contributed by atoms with van der Waals surface area (Å²) in [4.78, 5) is 32.6. The van der Waals surface area contributed by atoms with Gasteiger partial charge in [0.25, 0.3) is 11.8 Å². The Morgan fingerprint density at radius 1 is 0.886 bits per heavy atom. The normalized spacial score (nSPS) is 13.7. The Balaban J connectivity index is 1.57. The van der Waals surface area contributed by atoms with Gasteiger partial charge in [0.2, 0.25) is 0 Å². The molecule has 0 unspecified atom stereocenters. The van der Waals surface area contributed by atoms with Gasteiger partial charge in [0.15, 0.2) is 0 Å². The molecule has 6 nitrogen and oxygen atoms in total. The van der Waals surface area contributed by atoms with Gasteiger partial charge in [-0.15, -0.1) is 0 Å². The summed E-state index contributed by atoms with van der Waals surface area (Å²) in [6.45, 7) is 4.06. The summed E-state index contributed by atoms with van der Waals surface area (Å²) in [6.07, 6.45) is 3.36. The second-order valence-electron chi connectivity index (χ2n) is 8.65. The monoisotopic (exact) mass is 463 g/mol. The van der Waals surface area contributed by atoms with Crippen LogP contribution in [0.4, 0.5) is 5.69 Å². The summed E-state index contributed by atoms with van der Waals surface area (Å²) >= 11 is 0. The van der Waals surface area contributed by atoms with Crippen molar-refractivity contribution in [1.82, 2.24) is 9.88 Å². The zero-order chi connectivity index (χ0) is 24.4. The number of fused-ring (bicyclic) bond motifs is 1. The third kappa shape index (κ3) is 4.51. The number of anilines is 1. The number of nitrogens with zero attached hydrogens (tertiary/aromatic N) is 2. The van der Waals surface area contributed by atoms with Gasteiger partial charge in [-0.05, 0) is 54.6 Å². The molecule has 3 aromatic carbocycles. The number of nitrogens with one attached hydrogen (secondary N) is 1. The molecule has 4 aromatic rings. The average molecular weight is 464 g/mol. The fourth-order valence-corrected chi connectivity index (χ4v) is 4.22. The lowest BCUT2D eigenvalue weighted by molar-refractivity contribution is -0.137. The van der Waals surface area contributed by atoms with Crippen LogP contribution in [0.1, 0.15) is 25.0 Å². The molecular formula is C29H25N3O3. The number of pyridine rings is 1. The molecule has 0 saturated carbocycles. The molecule has 1 aliphatic rings. The molecule has 0 spiro atoms. The topological polar surface area (TPSA) is 71.5 Å². The van der Waals surface area contributed by atoms with Crippen molar-refractivity contribution >= 4 is 33.8 Å². The van der Waals surface area contributed by atoms with E-state index in [9.17, 15) is 9.59 Å². The van der Waals surface area contributed by atoms with Gasteiger partial charge in [0.05, 0.1) is 18.2 Å². The first-order chi connectivity index (χ1) is 17.0. The molecule has 5 rings (SSSR count). The van der Waals surface area contributed by atoms with Crippen LogP contribution in [0.15, 0.2) is 97.0 Å². The molecule has 1 N–H and O–H groups in total. The molecule has 2 amide bonds. The minimum atomic E-state index is -0.371. The molecule has 0 bridgehead atoms. The quantitative estimate of drug-likeness (QED) is 0.371. The summed E-state index contributed by atoms with van der Waals surface area (Å²) in [7, 11) is 0. The van der Waals surface area contributed by atoms with E-state index in [2.05, 4.69) is 10.3 Å². The van der Waals surface area contributed by atoms with Crippen LogP contribution in [0.3, 0.4) is 0 Å². The van der Waals surface area contributed by atoms with Crippen LogP contribution >= 0.6 is 0 Å². The van der Waals surface area contributed by atoms with Gasteiger partial charge in [-0.2, -0.15) is 0 Å². The van der Waals surface area contributed by atoms with Crippen LogP contribution < -0.4 is 10.1 Å². The predicted molar refractivity (Wildman–Crippen MR) is 136 cm³/mol. The second kappa shape index (κ2) is 9.43. The van der Waals surface area contributed by atoms with E-state index in [1.54, 1.807) is 18.5 Å². The van der Waals surface area contributed by atoms with Gasteiger partial charge in [0, 0.05) is 23.5 Å². The van der Waals surface area contributed by atoms with Crippen molar-refractivity contribution in [2.75, 3.05) is 5.32 Å². The lowest BCUT2D eigenvalue weighted by Crippen LogP contribution is -2.32. The maximum Gasteiger partial charge on any atom is 0.278 e. The lowest BCUT2D eigenvalue weighted by Gasteiger charge is -2.15. The van der Waals surface area contributed by atoms with Crippen LogP contribution in [0.5, 0.6) is 5.75 Å². The zero-order valence-corrected chi connectivity index (χ0v) is 19.6. The van der Waals surface area contributed by atoms with Gasteiger partial charge in [-0.3, -0.25) is 19.5 Å². The minimum Gasteiger partial charge on any atom is -0.491 e. The highest BCUT2D eigenvalue weighted by Gasteiger charge is 2.39. The van der Waals surface area contributed by atoms with Crippen LogP contribution in [0.25, 0.3) is 16.3 Å². The highest BCUT2D eigenvalue weighted by Crippen LogP contribution is 2.34. The zero-order valence-electron chi connectivity index (χ0n) is 19.6. The van der Waals surface area contributed by atoms with Gasteiger partial charge in [-0.1, -0.05) is 54.6 Å². The molecule has 0 fully saturated rings. The van der Waals surface area contributed by atoms with E-state index < -0.39 is 0 Å². The maximum absolute atomic E-state index is 13.6. The highest BCUT2D eigenvalue weighted by atomic mass is 16.5. The fourth-order valence-electron chi connectivity index (χ4n) is 4.22. The number of amides is 2. The number of aromatic nitrogens is 1. The largest absolute Gasteiger partial charge is 0.491 e. The highest BCUT2D eigenvalue weighted by molar-refractivity contribution is 6.36. The van der Waals surface area contributed by atoms with E-state index in [4.69, 9.17) is 4.74 Å². The summed E-state index contributed by atoms with van der Waals surface area (Å²) < 4.78 is 5.75. The van der Waals surface area contributed by atoms with Crippen molar-refractivity contribution < 1.29 is 14.3 Å². The molecule has 1 aliphatic heterocycles. The Morgan fingerprint density at radius 3 is 2.40 bits per heavy atom. The Kier molecular flexibility index (Phi) is 6.02. The van der Waals surface area contributed by atoms with Gasteiger partial charge in [-0.25, -0.2) is 0 Å². The molecule has 0 atom stereocenters. The van der Waals surface area contributed by atoms with E-state index in [0.717, 1.165) is 22.0 Å². The second-order valence-corrected chi connectivity index (χ2v) is 8.65. The molecule has 1 aromatic heterocycles. The van der Waals surface area contributed by atoms with E-state index in [1.165, 1.54) is 4.90 Å². The summed E-state index contributed by atoms with van der Waals surface area (Å²) in [6, 6.07) is 24.7. The molecule has 174 valence electrons. The standard InChI is InChI=1S/C29H25N3O3/c1-19(2)35-23-14-12-22(13-15-23)26-27(31-25-11-5-9-21-8-3-4-10-24(21)25)29(34)32(28(26)33)18-20-7-6-16-30-17-20/h3-17,19,31H,18H2,1-2H3. The summed E-state index contributed by atoms with van der Waals surface area (Å²) in [5.74, 6) is -0.0136. The molecule has 2 heterocycles. The molecule has 0 aliphatic carbocycles. The first kappa shape index (κ1) is 22.3. The molecule has 0 saturated heterocycles. The Morgan fingerprint density at radius 2 is 1.66 bits per heavy atom. The Hall–Kier alpha value is -4.45. The van der Waals surface area contributed by atoms with Crippen molar-refractivity contribution in [3.63, 3.8) is 0 Å². The minimum absolute atomic E-state index is 0.0355. The lowest BCUT2D eigenvalue weighted by atomic mass is 10.0. The number of benzene rings is 3. The van der Waals surface area contributed by atoms with Gasteiger partial charge >= 0.3 is 0 Å². The number of imide groups is 1. The predicted octanol–water partition coefficient (Wildman–Crippen LogP) is 5.41. The van der Waals surface area contributed by atoms with Crippen molar-refractivity contribution in [1.29, 1.82) is 0 Å². The third-order valence-corrected chi connectivity index (χ3v) is 5.80. The number of carbonyl (C=O) groups is 2. The number of hydrogen-bond acceptors (Lipinski definition) is 5. The average Bonchev–Trinajstić information content (AvgIpc) is 3.09. The fraction of sp³-hybridized carbons (Fsp3) is 0.138. The van der Waals surface area contributed by atoms with Gasteiger partial charge in [0.1, 0.15) is 11.4 Å². The van der Waals surface area contributed by atoms with Crippen molar-refractivity contribution in [2.24, 2.45) is 0 Å². The van der Waals surface area contributed by atoms with Crippen molar-refractivity contribution in [3.8, 4) is 5.75 Å². The van der Waals surface area contributed by atoms with Crippen LogP contribution in [-0.4, -0.2) is 27.8 Å². The first-order valence-corrected chi connectivity index (χ1v) is 11.5. The summed E-state index contributed by atoms with van der Waals surface area (Å²) in [5, 5.41) is 5.30. The van der Waals surface area contributed by atoms with E-state index in [-0.39, 0.29) is 30.2 Å². The van der Waals surface area contributed by atoms with E-state index in [1.807, 2.05) is 86.6 Å². The molecular weight excluding hydrogens is 438 g/mol. The van der Waals surface area contributed by atoms with Crippen LogP contribution in [0, 0.1) is 0 Å². The maximum atomic E-state index is 13.6. The third-order valence-electron chi connectivity index (χ3n) is 5.80. The molecule has 6 heteroatoms. The van der Waals surface area contributed by atoms with Crippen molar-refractivity contribution in [3.05, 3.63) is 108 Å². The Bertz CT molecular complexity index is 1420. The van der Waals surface area contributed by atoms with Crippen LogP contribution in [0.2, 0.25) is 0 Å². The summed E-state index contributed by atoms with van der Waals surface area (Å²) in [5.41, 5.74) is 2.78. The van der Waals surface area contributed by atoms with Gasteiger partial charge < -0.3 is 10.1 Å². The van der Waals surface area contributed by atoms with Crippen molar-refractivity contribution in [2.45, 2.75) is 26.5 Å². The number of rotatable bonds is 7. The van der Waals surface area contributed by atoms with E-state index >= 15 is 0 Å².